The maximum atomic E-state index is 11.9. The van der Waals surface area contributed by atoms with Crippen LogP contribution in [0, 0.1) is 5.92 Å². The summed E-state index contributed by atoms with van der Waals surface area (Å²) in [5.41, 5.74) is 0. The van der Waals surface area contributed by atoms with Crippen LogP contribution in [-0.2, 0) is 20.2 Å². The molecule has 0 radical (unpaired) electrons. The van der Waals surface area contributed by atoms with Gasteiger partial charge < -0.3 is 0 Å². The molecule has 108 valence electrons. The Morgan fingerprint density at radius 2 is 1.78 bits per heavy atom. The topological polar surface area (TPSA) is 95.6 Å². The highest BCUT2D eigenvalue weighted by molar-refractivity contribution is 7.88. The van der Waals surface area contributed by atoms with Gasteiger partial charge in [-0.25, -0.2) is 17.9 Å². The number of nitrogens with zero attached hydrogens (tertiary/aromatic N) is 1. The summed E-state index contributed by atoms with van der Waals surface area (Å²) in [6.45, 7) is 3.18. The van der Waals surface area contributed by atoms with E-state index in [9.17, 15) is 16.8 Å². The molecule has 1 heterocycles. The van der Waals surface area contributed by atoms with Crippen LogP contribution in [0.2, 0.25) is 0 Å². The molecule has 0 saturated carbocycles. The third kappa shape index (κ3) is 5.61. The number of nitrogens with one attached hydrogen (secondary N) is 2. The van der Waals surface area contributed by atoms with E-state index in [0.717, 1.165) is 19.1 Å². The van der Waals surface area contributed by atoms with Crippen molar-refractivity contribution in [3.63, 3.8) is 0 Å². The Bertz CT molecular complexity index is 460. The number of piperidine rings is 1. The van der Waals surface area contributed by atoms with Gasteiger partial charge in [-0.15, -0.1) is 0 Å². The molecule has 0 bridgehead atoms. The van der Waals surface area contributed by atoms with E-state index in [4.69, 9.17) is 0 Å². The summed E-state index contributed by atoms with van der Waals surface area (Å²) in [6, 6.07) is 0. The molecule has 1 aliphatic heterocycles. The molecular weight excluding hydrogens is 278 g/mol. The van der Waals surface area contributed by atoms with Gasteiger partial charge in [-0.2, -0.15) is 12.7 Å². The lowest BCUT2D eigenvalue weighted by atomic mass is 10.0. The summed E-state index contributed by atoms with van der Waals surface area (Å²) in [6.07, 6.45) is 2.94. The molecule has 0 aromatic heterocycles. The minimum absolute atomic E-state index is 0.0558. The Labute approximate surface area is 109 Å². The Morgan fingerprint density at radius 3 is 2.33 bits per heavy atom. The van der Waals surface area contributed by atoms with Gasteiger partial charge in [-0.1, -0.05) is 6.92 Å². The second-order valence-corrected chi connectivity index (χ2v) is 8.26. The van der Waals surface area contributed by atoms with E-state index in [2.05, 4.69) is 9.44 Å². The van der Waals surface area contributed by atoms with E-state index in [1.807, 2.05) is 6.92 Å². The van der Waals surface area contributed by atoms with Crippen LogP contribution in [0.15, 0.2) is 0 Å². The van der Waals surface area contributed by atoms with Crippen LogP contribution in [0.4, 0.5) is 0 Å². The largest absolute Gasteiger partial charge is 0.279 e. The standard InChI is InChI=1S/C9H21N3O4S2/c1-9-4-3-7-12(8-9)18(15,16)11-6-5-10-17(2,13)14/h9-11H,3-8H2,1-2H3. The lowest BCUT2D eigenvalue weighted by molar-refractivity contribution is 0.278. The van der Waals surface area contributed by atoms with E-state index in [1.54, 1.807) is 0 Å². The summed E-state index contributed by atoms with van der Waals surface area (Å²) in [5.74, 6) is 0.365. The molecule has 0 aromatic rings. The zero-order valence-electron chi connectivity index (χ0n) is 10.7. The van der Waals surface area contributed by atoms with Crippen LogP contribution in [0.3, 0.4) is 0 Å². The first kappa shape index (κ1) is 15.8. The molecule has 0 aliphatic carbocycles. The van der Waals surface area contributed by atoms with Gasteiger partial charge in [0.1, 0.15) is 0 Å². The third-order valence-electron chi connectivity index (χ3n) is 2.73. The molecule has 1 saturated heterocycles. The smallest absolute Gasteiger partial charge is 0.214 e. The molecule has 7 nitrogen and oxygen atoms in total. The molecule has 1 atom stereocenters. The van der Waals surface area contributed by atoms with E-state index in [-0.39, 0.29) is 13.1 Å². The van der Waals surface area contributed by atoms with E-state index in [1.165, 1.54) is 4.31 Å². The highest BCUT2D eigenvalue weighted by atomic mass is 32.2. The number of hydrogen-bond donors (Lipinski definition) is 2. The van der Waals surface area contributed by atoms with Crippen LogP contribution < -0.4 is 9.44 Å². The SMILES string of the molecule is CC1CCCN(S(=O)(=O)NCCNS(C)(=O)=O)C1. The van der Waals surface area contributed by atoms with Gasteiger partial charge in [-0.3, -0.25) is 0 Å². The maximum absolute atomic E-state index is 11.9. The highest BCUT2D eigenvalue weighted by Gasteiger charge is 2.26. The fourth-order valence-corrected chi connectivity index (χ4v) is 3.71. The second kappa shape index (κ2) is 6.29. The van der Waals surface area contributed by atoms with E-state index >= 15 is 0 Å². The van der Waals surface area contributed by atoms with Crippen molar-refractivity contribution < 1.29 is 16.8 Å². The first-order valence-electron chi connectivity index (χ1n) is 5.90. The molecule has 0 amide bonds. The molecule has 1 unspecified atom stereocenters. The van der Waals surface area contributed by atoms with Crippen LogP contribution >= 0.6 is 0 Å². The average molecular weight is 299 g/mol. The molecule has 0 spiro atoms. The third-order valence-corrected chi connectivity index (χ3v) is 5.04. The predicted molar refractivity (Wildman–Crippen MR) is 69.7 cm³/mol. The van der Waals surface area contributed by atoms with Crippen LogP contribution in [0.5, 0.6) is 0 Å². The molecule has 1 rings (SSSR count). The summed E-state index contributed by atoms with van der Waals surface area (Å²) in [4.78, 5) is 0. The summed E-state index contributed by atoms with van der Waals surface area (Å²) >= 11 is 0. The first-order valence-corrected chi connectivity index (χ1v) is 9.23. The second-order valence-electron chi connectivity index (χ2n) is 4.67. The van der Waals surface area contributed by atoms with Crippen molar-refractivity contribution in [3.05, 3.63) is 0 Å². The molecule has 2 N–H and O–H groups in total. The van der Waals surface area contributed by atoms with Crippen LogP contribution in [0.25, 0.3) is 0 Å². The van der Waals surface area contributed by atoms with Crippen molar-refractivity contribution in [3.8, 4) is 0 Å². The van der Waals surface area contributed by atoms with Crippen molar-refractivity contribution in [2.45, 2.75) is 19.8 Å². The minimum atomic E-state index is -3.49. The molecule has 0 aromatic carbocycles. The fraction of sp³-hybridized carbons (Fsp3) is 1.00. The number of rotatable bonds is 6. The highest BCUT2D eigenvalue weighted by Crippen LogP contribution is 2.17. The van der Waals surface area contributed by atoms with E-state index < -0.39 is 20.2 Å². The Balaban J connectivity index is 2.40. The summed E-state index contributed by atoms with van der Waals surface area (Å²) < 4.78 is 51.4. The lowest BCUT2D eigenvalue weighted by Gasteiger charge is -2.29. The molecule has 18 heavy (non-hydrogen) atoms. The Morgan fingerprint density at radius 1 is 1.17 bits per heavy atom. The first-order chi connectivity index (χ1) is 8.21. The van der Waals surface area contributed by atoms with E-state index in [0.29, 0.717) is 19.0 Å². The van der Waals surface area contributed by atoms with Gasteiger partial charge in [0.2, 0.25) is 10.0 Å². The van der Waals surface area contributed by atoms with Gasteiger partial charge in [0.25, 0.3) is 10.2 Å². The van der Waals surface area contributed by atoms with Gasteiger partial charge in [0.15, 0.2) is 0 Å². The average Bonchev–Trinajstić information content (AvgIpc) is 2.23. The van der Waals surface area contributed by atoms with Crippen molar-refractivity contribution in [1.82, 2.24) is 13.7 Å². The monoisotopic (exact) mass is 299 g/mol. The number of hydrogen-bond acceptors (Lipinski definition) is 4. The lowest BCUT2D eigenvalue weighted by Crippen LogP contribution is -2.47. The Kier molecular flexibility index (Phi) is 5.53. The molecular formula is C9H21N3O4S2. The van der Waals surface area contributed by atoms with Crippen molar-refractivity contribution in [2.75, 3.05) is 32.4 Å². The quantitative estimate of drug-likeness (QED) is 0.621. The maximum Gasteiger partial charge on any atom is 0.279 e. The van der Waals surface area contributed by atoms with Gasteiger partial charge >= 0.3 is 0 Å². The van der Waals surface area contributed by atoms with Gasteiger partial charge in [0, 0.05) is 26.2 Å². The van der Waals surface area contributed by atoms with Crippen molar-refractivity contribution >= 4 is 20.2 Å². The van der Waals surface area contributed by atoms with Crippen molar-refractivity contribution in [2.24, 2.45) is 5.92 Å². The molecule has 1 aliphatic rings. The Hall–Kier alpha value is -0.220. The normalized spacial score (nSPS) is 23.1. The molecule has 9 heteroatoms. The zero-order chi connectivity index (χ0) is 13.8. The minimum Gasteiger partial charge on any atom is -0.214 e. The summed E-state index contributed by atoms with van der Waals surface area (Å²) in [7, 11) is -6.76. The van der Waals surface area contributed by atoms with Crippen LogP contribution in [0.1, 0.15) is 19.8 Å². The van der Waals surface area contributed by atoms with Crippen molar-refractivity contribution in [1.29, 1.82) is 0 Å². The number of sulfonamides is 1. The summed E-state index contributed by atoms with van der Waals surface area (Å²) in [5, 5.41) is 0. The molecule has 1 fully saturated rings. The van der Waals surface area contributed by atoms with Gasteiger partial charge in [-0.05, 0) is 18.8 Å². The fourth-order valence-electron chi connectivity index (χ4n) is 1.87. The van der Waals surface area contributed by atoms with Crippen LogP contribution in [-0.4, -0.2) is 53.6 Å². The van der Waals surface area contributed by atoms with Gasteiger partial charge in [0.05, 0.1) is 6.26 Å². The zero-order valence-corrected chi connectivity index (χ0v) is 12.3. The predicted octanol–water partition coefficient (Wildman–Crippen LogP) is -0.898.